The lowest BCUT2D eigenvalue weighted by molar-refractivity contribution is -0.159. The Morgan fingerprint density at radius 1 is 1.11 bits per heavy atom. The average Bonchev–Trinajstić information content (AvgIpc) is 3.42. The number of anilines is 1. The number of carboxylic acid groups (broad SMARTS) is 1. The third-order valence-electron chi connectivity index (χ3n) is 7.46. The highest BCUT2D eigenvalue weighted by Crippen LogP contribution is 2.47. The van der Waals surface area contributed by atoms with Crippen molar-refractivity contribution in [3.63, 3.8) is 0 Å². The fraction of sp³-hybridized carbons (Fsp3) is 0.357. The van der Waals surface area contributed by atoms with E-state index in [1.165, 1.54) is 0 Å². The van der Waals surface area contributed by atoms with Crippen LogP contribution in [0, 0.1) is 0 Å². The van der Waals surface area contributed by atoms with E-state index in [4.69, 9.17) is 9.47 Å². The predicted molar refractivity (Wildman–Crippen MR) is 138 cm³/mol. The Kier molecular flexibility index (Phi) is 6.66. The first kappa shape index (κ1) is 24.9. The van der Waals surface area contributed by atoms with Crippen molar-refractivity contribution in [1.29, 1.82) is 0 Å². The maximum atomic E-state index is 13.4. The lowest BCUT2D eigenvalue weighted by Crippen LogP contribution is -2.66. The number of methoxy groups -OCH3 is 2. The van der Waals surface area contributed by atoms with E-state index in [1.54, 1.807) is 37.3 Å². The first-order valence-electron chi connectivity index (χ1n) is 12.3. The van der Waals surface area contributed by atoms with Crippen LogP contribution in [0.4, 0.5) is 5.69 Å². The van der Waals surface area contributed by atoms with Gasteiger partial charge >= 0.3 is 5.97 Å². The zero-order valence-electron chi connectivity index (χ0n) is 21.0. The van der Waals surface area contributed by atoms with Crippen molar-refractivity contribution >= 4 is 23.1 Å². The van der Waals surface area contributed by atoms with Crippen molar-refractivity contribution in [3.05, 3.63) is 70.8 Å². The van der Waals surface area contributed by atoms with Crippen LogP contribution in [0.5, 0.6) is 11.5 Å². The zero-order valence-corrected chi connectivity index (χ0v) is 21.0. The van der Waals surface area contributed by atoms with Gasteiger partial charge in [-0.05, 0) is 37.1 Å². The standard InChI is InChI=1S/C28H31N3O6/c1-36-20-10-9-18(25(14-20)37-2)16-31-26-21-7-3-4-8-23(21)29-15-24(33)22(26)13-19(17-32)28(31,27(34)35)30-11-5-6-12-30/h3-4,7-10,13-14,29,32H,5-6,11-12,15-17H2,1-2H3,(H,34,35). The summed E-state index contributed by atoms with van der Waals surface area (Å²) in [6, 6.07) is 12.9. The topological polar surface area (TPSA) is 112 Å². The number of aliphatic hydroxyl groups excluding tert-OH is 1. The van der Waals surface area contributed by atoms with Gasteiger partial charge in [0.2, 0.25) is 5.66 Å². The number of carbonyl (C=O) groups is 2. The summed E-state index contributed by atoms with van der Waals surface area (Å²) in [5.74, 6) is -0.132. The first-order valence-corrected chi connectivity index (χ1v) is 12.3. The van der Waals surface area contributed by atoms with E-state index >= 15 is 0 Å². The normalized spacial score (nSPS) is 21.5. The highest BCUT2D eigenvalue weighted by Gasteiger charge is 2.56. The summed E-state index contributed by atoms with van der Waals surface area (Å²) in [6.45, 7) is 0.785. The van der Waals surface area contributed by atoms with Crippen LogP contribution in [-0.4, -0.2) is 77.9 Å². The number of aliphatic carboxylic acids is 1. The number of ketones is 1. The lowest BCUT2D eigenvalue weighted by atomic mass is 9.84. The molecule has 1 atom stereocenters. The quantitative estimate of drug-likeness (QED) is 0.523. The molecule has 0 bridgehead atoms. The fourth-order valence-corrected chi connectivity index (χ4v) is 5.75. The number of para-hydroxylation sites is 1. The van der Waals surface area contributed by atoms with Gasteiger partial charge in [0.25, 0.3) is 0 Å². The summed E-state index contributed by atoms with van der Waals surface area (Å²) in [4.78, 5) is 30.5. The minimum atomic E-state index is -1.69. The van der Waals surface area contributed by atoms with Crippen LogP contribution < -0.4 is 14.8 Å². The maximum absolute atomic E-state index is 13.4. The van der Waals surface area contributed by atoms with Crippen LogP contribution in [0.1, 0.15) is 24.0 Å². The summed E-state index contributed by atoms with van der Waals surface area (Å²) < 4.78 is 11.0. The summed E-state index contributed by atoms with van der Waals surface area (Å²) in [5.41, 5.74) is 1.68. The molecule has 0 amide bonds. The van der Waals surface area contributed by atoms with Gasteiger partial charge in [-0.15, -0.1) is 0 Å². The van der Waals surface area contributed by atoms with Gasteiger partial charge in [-0.1, -0.05) is 18.2 Å². The number of aliphatic hydroxyl groups is 1. The molecule has 3 aliphatic heterocycles. The van der Waals surface area contributed by atoms with Gasteiger partial charge in [-0.25, -0.2) is 4.79 Å². The molecule has 0 saturated carbocycles. The second-order valence-corrected chi connectivity index (χ2v) is 9.35. The molecule has 194 valence electrons. The second-order valence-electron chi connectivity index (χ2n) is 9.35. The molecule has 1 fully saturated rings. The van der Waals surface area contributed by atoms with E-state index in [2.05, 4.69) is 5.32 Å². The largest absolute Gasteiger partial charge is 0.497 e. The summed E-state index contributed by atoms with van der Waals surface area (Å²) in [5, 5.41) is 24.7. The van der Waals surface area contributed by atoms with Crippen molar-refractivity contribution in [2.24, 2.45) is 0 Å². The molecule has 2 aromatic rings. The zero-order chi connectivity index (χ0) is 26.2. The Morgan fingerprint density at radius 3 is 2.54 bits per heavy atom. The molecule has 0 spiro atoms. The number of allylic oxidation sites excluding steroid dienone is 1. The number of carbonyl (C=O) groups excluding carboxylic acids is 1. The predicted octanol–water partition coefficient (Wildman–Crippen LogP) is 2.72. The maximum Gasteiger partial charge on any atom is 0.349 e. The smallest absolute Gasteiger partial charge is 0.349 e. The molecule has 3 N–H and O–H groups in total. The monoisotopic (exact) mass is 505 g/mol. The molecule has 3 heterocycles. The number of ether oxygens (including phenoxy) is 2. The lowest BCUT2D eigenvalue weighted by Gasteiger charge is -2.51. The summed E-state index contributed by atoms with van der Waals surface area (Å²) >= 11 is 0. The van der Waals surface area contributed by atoms with E-state index in [9.17, 15) is 19.8 Å². The van der Waals surface area contributed by atoms with Gasteiger partial charge in [0, 0.05) is 53.7 Å². The Hall–Kier alpha value is -3.82. The average molecular weight is 506 g/mol. The highest BCUT2D eigenvalue weighted by molar-refractivity contribution is 6.11. The van der Waals surface area contributed by atoms with E-state index in [0.717, 1.165) is 29.7 Å². The molecule has 0 radical (unpaired) electrons. The van der Waals surface area contributed by atoms with Gasteiger partial charge in [-0.3, -0.25) is 9.69 Å². The molecule has 0 aliphatic carbocycles. The van der Waals surface area contributed by atoms with Crippen LogP contribution in [-0.2, 0) is 16.1 Å². The SMILES string of the molecule is COc1ccc(CN2C3=C(C=C(CO)C2(C(=O)O)N2CCCC2)C(=O)CNc2ccccc23)c(OC)c1. The fourth-order valence-electron chi connectivity index (χ4n) is 5.75. The minimum absolute atomic E-state index is 0.0640. The van der Waals surface area contributed by atoms with E-state index in [0.29, 0.717) is 35.9 Å². The minimum Gasteiger partial charge on any atom is -0.497 e. The molecular formula is C28H31N3O6. The summed E-state index contributed by atoms with van der Waals surface area (Å²) in [6.07, 6.45) is 3.28. The Bertz CT molecular complexity index is 1300. The van der Waals surface area contributed by atoms with Crippen LogP contribution in [0.25, 0.3) is 5.70 Å². The molecule has 37 heavy (non-hydrogen) atoms. The molecule has 1 saturated heterocycles. The number of rotatable bonds is 7. The number of likely N-dealkylation sites (tertiary alicyclic amines) is 1. The van der Waals surface area contributed by atoms with Crippen molar-refractivity contribution < 1.29 is 29.3 Å². The number of Topliss-reactive ketones (excluding diaryl/α,β-unsaturated/α-hetero) is 1. The number of hydrogen-bond acceptors (Lipinski definition) is 8. The van der Waals surface area contributed by atoms with Gasteiger partial charge in [0.05, 0.1) is 33.1 Å². The number of fused-ring (bicyclic) bond motifs is 2. The summed E-state index contributed by atoms with van der Waals surface area (Å²) in [7, 11) is 3.12. The molecule has 1 unspecified atom stereocenters. The number of nitrogens with zero attached hydrogens (tertiary/aromatic N) is 2. The van der Waals surface area contributed by atoms with Crippen molar-refractivity contribution in [2.75, 3.05) is 45.8 Å². The van der Waals surface area contributed by atoms with Crippen molar-refractivity contribution in [2.45, 2.75) is 25.0 Å². The van der Waals surface area contributed by atoms with Crippen LogP contribution in [0.2, 0.25) is 0 Å². The molecule has 0 aromatic heterocycles. The van der Waals surface area contributed by atoms with Crippen LogP contribution in [0.3, 0.4) is 0 Å². The number of hydrogen-bond donors (Lipinski definition) is 3. The molecular weight excluding hydrogens is 474 g/mol. The van der Waals surface area contributed by atoms with Crippen molar-refractivity contribution in [3.8, 4) is 11.5 Å². The molecule has 9 heteroatoms. The van der Waals surface area contributed by atoms with Gasteiger partial charge in [-0.2, -0.15) is 0 Å². The van der Waals surface area contributed by atoms with E-state index in [1.807, 2.05) is 35.2 Å². The third kappa shape index (κ3) is 3.95. The molecule has 9 nitrogen and oxygen atoms in total. The van der Waals surface area contributed by atoms with E-state index < -0.39 is 18.2 Å². The number of benzene rings is 2. The Balaban J connectivity index is 1.81. The molecule has 5 rings (SSSR count). The van der Waals surface area contributed by atoms with E-state index in [-0.39, 0.29) is 24.4 Å². The highest BCUT2D eigenvalue weighted by atomic mass is 16.5. The Labute approximate surface area is 215 Å². The molecule has 2 aromatic carbocycles. The van der Waals surface area contributed by atoms with Crippen molar-refractivity contribution in [1.82, 2.24) is 9.80 Å². The number of carboxylic acids is 1. The van der Waals surface area contributed by atoms with Gasteiger partial charge in [0.1, 0.15) is 11.5 Å². The van der Waals surface area contributed by atoms with Gasteiger partial charge in [0.15, 0.2) is 5.78 Å². The Morgan fingerprint density at radius 2 is 1.86 bits per heavy atom. The first-order chi connectivity index (χ1) is 17.9. The van der Waals surface area contributed by atoms with Crippen LogP contribution >= 0.6 is 0 Å². The molecule has 3 aliphatic rings. The number of nitrogens with one attached hydrogen (secondary N) is 1. The second kappa shape index (κ2) is 9.91. The van der Waals surface area contributed by atoms with Gasteiger partial charge < -0.3 is 29.9 Å². The third-order valence-corrected chi connectivity index (χ3v) is 7.46. The van der Waals surface area contributed by atoms with Crippen LogP contribution in [0.15, 0.2) is 59.7 Å².